The van der Waals surface area contributed by atoms with Gasteiger partial charge in [-0.1, -0.05) is 229 Å². The highest BCUT2D eigenvalue weighted by Gasteiger charge is 2.58. The smallest absolute Gasteiger partial charge is 0.193 e. The van der Waals surface area contributed by atoms with Gasteiger partial charge in [-0.2, -0.15) is 0 Å². The maximum absolute atomic E-state index is 14.5. The van der Waals surface area contributed by atoms with E-state index in [4.69, 9.17) is 79.6 Å². The van der Waals surface area contributed by atoms with Crippen LogP contribution in [0.3, 0.4) is 0 Å². The number of rotatable bonds is 40. The topological polar surface area (TPSA) is 191 Å². The molecule has 0 saturated carbocycles. The van der Waals surface area contributed by atoms with Crippen LogP contribution in [0, 0.1) is 65.1 Å². The third-order valence-corrected chi connectivity index (χ3v) is 49.6. The van der Waals surface area contributed by atoms with Gasteiger partial charge in [-0.3, -0.25) is 9.59 Å². The van der Waals surface area contributed by atoms with E-state index in [1.165, 1.54) is 11.1 Å². The van der Waals surface area contributed by atoms with Crippen molar-refractivity contribution in [3.8, 4) is 0 Å². The van der Waals surface area contributed by atoms with E-state index < -0.39 is 25.0 Å². The Labute approximate surface area is 844 Å². The minimum absolute atomic E-state index is 0.00268. The number of carbonyl (C=O) groups excluding carboxylic acids is 2. The fourth-order valence-corrected chi connectivity index (χ4v) is 27.9. The van der Waals surface area contributed by atoms with Crippen molar-refractivity contribution in [3.05, 3.63) is 68.9 Å². The number of Topliss-reactive ketones (excluding diaryl/α,β-unsaturated/α-hetero) is 2. The summed E-state index contributed by atoms with van der Waals surface area (Å²) in [5.41, 5.74) is 4.68. The first-order valence-corrected chi connectivity index (χ1v) is 64.6. The number of ketones is 2. The third kappa shape index (κ3) is 30.0. The van der Waals surface area contributed by atoms with Gasteiger partial charge in [0.05, 0.1) is 161 Å². The van der Waals surface area contributed by atoms with Crippen molar-refractivity contribution in [2.45, 2.75) is 519 Å². The predicted molar refractivity (Wildman–Crippen MR) is 563 cm³/mol. The molecule has 19 nitrogen and oxygen atoms in total. The SMILES string of the molecule is C=C1C[C@H](CCC2OCCCO2)O[C@H]1CC[C@H]1C[C@@H](C)C(=C)[C@@H](C[C@@H]2O[C@H](C[C@H](C)CC)[C@H](C)[C@H]2CC(=O)C[C@H]2CC[C@@H]3O[C@@H]([C@@H](C)/C=C/I)[C@@H](O[Si](C)(C)C(C)(C)C)[C@@H](C)[C@H]3O2)O1.C=C1C[C@H](CCC2OCCO2)O[C@H]1CC[C@H]1C[C@@H](C)C(=C)[C@@H](C[C@@H]2O[C@H](C[C@H](C)CC)[C@H](C)[C@H]2CC(=O)C[C@H]2CC[C@@H]3O[C@@H]([C@H](/C=C/I)O[Si](C)(C)C(C)(C)C)[C@@H](O[Si](C)(C)C(C)(C)C)[C@@H](C)[C@H]3O2)O1. The minimum atomic E-state index is -2.24. The maximum atomic E-state index is 14.5. The number of hydrogen-bond donors (Lipinski definition) is 0. The first-order chi connectivity index (χ1) is 63.0. The summed E-state index contributed by atoms with van der Waals surface area (Å²) >= 11 is 4.62. The summed E-state index contributed by atoms with van der Waals surface area (Å²) in [4.78, 5) is 28.8. The summed E-state index contributed by atoms with van der Waals surface area (Å²) in [6.07, 6.45) is 26.0. The molecule has 0 N–H and O–H groups in total. The Balaban J connectivity index is 0.000000259. The lowest BCUT2D eigenvalue weighted by molar-refractivity contribution is -0.251. The van der Waals surface area contributed by atoms with Gasteiger partial charge in [-0.15, -0.1) is 0 Å². The lowest BCUT2D eigenvalue weighted by Gasteiger charge is -2.54. The van der Waals surface area contributed by atoms with Gasteiger partial charge in [0.25, 0.3) is 0 Å². The van der Waals surface area contributed by atoms with Crippen molar-refractivity contribution in [2.75, 3.05) is 26.4 Å². The van der Waals surface area contributed by atoms with Crippen LogP contribution in [-0.2, 0) is 89.2 Å². The standard InChI is InChI=1S/C57H99IO10Si2.C53H89IO9Si/c1-18-35(2)29-49-39(6)45(51(65-49)34-50-38(5)36(3)30-42(63-50)19-22-46-37(4)31-43(62-46)21-24-52-60-27-28-61-52)33-41(59)32-44-20-23-47-53(64-44)40(7)54(68-70(16,17)57(11,12)13)55(66-47)48(25-26-58)67-69(14,15)56(8,9)10;1-14-32(2)26-46-37(7)43(30-39(55)29-42-17-20-45-51(60-42)38(8)52(50(62-45)33(3)22-23-54)63-64(12,13)53(9,10)11)48(61-46)31-47-36(6)34(4)27-40(59-47)16-19-44-35(5)28-41(58-44)18-21-49-56-24-15-25-57-49/h25-26,35-36,39-40,42-55H,4-5,18-24,27-34H2,1-3,6-17H3;22-23,32-34,37-38,40-52H,5-6,14-21,24-31H2,1-4,7-13H3/b26-25+;23-22+/t35-,36-,39-,40+,42+,43+,44-,45-,46+,47+,48+,49-,50-,51+,53-,54+,55+;32-,33+,34-,37-,38+,40+,41+,42-,43-,44+,45+,46-,47-,48+,50+,51-,52+/m11/s1. The second-order valence-corrected chi connectivity index (χ2v) is 64.3. The molecule has 12 rings (SSSR count). The summed E-state index contributed by atoms with van der Waals surface area (Å²) in [5.74, 6) is 3.49. The van der Waals surface area contributed by atoms with Gasteiger partial charge >= 0.3 is 0 Å². The Kier molecular flexibility index (Phi) is 42.4. The molecule has 0 spiro atoms. The Hall–Kier alpha value is -0.789. The minimum Gasteiger partial charge on any atom is -0.411 e. The van der Waals surface area contributed by atoms with Gasteiger partial charge in [0.2, 0.25) is 0 Å². The molecule has 0 bridgehead atoms. The molecule has 134 heavy (non-hydrogen) atoms. The van der Waals surface area contributed by atoms with Gasteiger partial charge < -0.3 is 79.6 Å². The van der Waals surface area contributed by atoms with E-state index in [0.29, 0.717) is 62.6 Å². The van der Waals surface area contributed by atoms with E-state index in [1.54, 1.807) is 0 Å². The summed E-state index contributed by atoms with van der Waals surface area (Å²) < 4.78 is 118. The Morgan fingerprint density at radius 2 is 0.813 bits per heavy atom. The summed E-state index contributed by atoms with van der Waals surface area (Å²) in [7, 11) is -6.52. The van der Waals surface area contributed by atoms with Gasteiger partial charge in [-0.05, 0) is 247 Å². The molecule has 12 aliphatic rings. The highest BCUT2D eigenvalue weighted by molar-refractivity contribution is 14.1. The van der Waals surface area contributed by atoms with Crippen molar-refractivity contribution < 1.29 is 89.2 Å². The fraction of sp³-hybridized carbons (Fsp3) is 0.873. The number of fused-ring (bicyclic) bond motifs is 2. The van der Waals surface area contributed by atoms with E-state index in [9.17, 15) is 9.59 Å². The molecule has 12 fully saturated rings. The number of carbonyl (C=O) groups is 2. The van der Waals surface area contributed by atoms with Crippen LogP contribution in [0.4, 0.5) is 0 Å². The average molecular weight is 2150 g/mol. The summed E-state index contributed by atoms with van der Waals surface area (Å²) in [5, 5.41) is 0.135. The average Bonchev–Trinajstić information content (AvgIpc) is 1.48. The van der Waals surface area contributed by atoms with Gasteiger partial charge in [-0.25, -0.2) is 0 Å². The van der Waals surface area contributed by atoms with Gasteiger partial charge in [0.15, 0.2) is 37.5 Å². The number of halogens is 2. The molecular formula is C110H188I2O19Si3. The molecule has 0 radical (unpaired) electrons. The van der Waals surface area contributed by atoms with Crippen molar-refractivity contribution in [1.29, 1.82) is 0 Å². The van der Waals surface area contributed by atoms with Crippen molar-refractivity contribution >= 4 is 81.7 Å². The summed E-state index contributed by atoms with van der Waals surface area (Å²) in [6, 6.07) is 0. The molecule has 12 saturated heterocycles. The van der Waals surface area contributed by atoms with Crippen LogP contribution < -0.4 is 0 Å². The zero-order valence-corrected chi connectivity index (χ0v) is 95.7. The summed E-state index contributed by atoms with van der Waals surface area (Å²) in [6.45, 7) is 80.8. The van der Waals surface area contributed by atoms with Gasteiger partial charge in [0.1, 0.15) is 17.7 Å². The third-order valence-electron chi connectivity index (χ3n) is 35.3. The Bertz CT molecular complexity index is 3790. The lowest BCUT2D eigenvalue weighted by Crippen LogP contribution is -2.64. The second kappa shape index (κ2) is 50.1. The van der Waals surface area contributed by atoms with E-state index >= 15 is 0 Å². The van der Waals surface area contributed by atoms with Crippen LogP contribution in [0.2, 0.25) is 54.4 Å². The number of hydrogen-bond acceptors (Lipinski definition) is 19. The van der Waals surface area contributed by atoms with Crippen molar-refractivity contribution in [3.63, 3.8) is 0 Å². The largest absolute Gasteiger partial charge is 0.411 e. The van der Waals surface area contributed by atoms with Crippen LogP contribution >= 0.6 is 45.2 Å². The second-order valence-electron chi connectivity index (χ2n) is 48.6. The molecular weight excluding hydrogens is 1960 g/mol. The van der Waals surface area contributed by atoms with E-state index in [1.807, 2.05) is 0 Å². The van der Waals surface area contributed by atoms with E-state index in [-0.39, 0.29) is 221 Å². The molecule has 24 heteroatoms. The van der Waals surface area contributed by atoms with Crippen molar-refractivity contribution in [2.24, 2.45) is 65.1 Å². The number of ether oxygens (including phenoxy) is 14. The van der Waals surface area contributed by atoms with Crippen LogP contribution in [0.1, 0.15) is 312 Å². The first-order valence-electron chi connectivity index (χ1n) is 53.3. The highest BCUT2D eigenvalue weighted by Crippen LogP contribution is 2.52. The molecule has 0 amide bonds. The maximum Gasteiger partial charge on any atom is 0.193 e. The fourth-order valence-electron chi connectivity index (χ4n) is 22.8. The molecule has 0 aliphatic carbocycles. The quantitative estimate of drug-likeness (QED) is 0.0319. The van der Waals surface area contributed by atoms with Gasteiger partial charge in [0, 0.05) is 69.1 Å². The van der Waals surface area contributed by atoms with E-state index in [2.05, 4.69) is 270 Å². The molecule has 0 aromatic carbocycles. The zero-order chi connectivity index (χ0) is 98.0. The molecule has 12 heterocycles. The molecule has 768 valence electrons. The molecule has 34 atom stereocenters. The van der Waals surface area contributed by atoms with Crippen molar-refractivity contribution in [1.82, 2.24) is 0 Å². The monoisotopic (exact) mass is 2150 g/mol. The zero-order valence-electron chi connectivity index (χ0n) is 88.4. The van der Waals surface area contributed by atoms with E-state index in [0.717, 1.165) is 172 Å². The van der Waals surface area contributed by atoms with Crippen LogP contribution in [0.15, 0.2) is 68.9 Å². The highest BCUT2D eigenvalue weighted by atomic mass is 127. The molecule has 0 unspecified atom stereocenters. The molecule has 12 aliphatic heterocycles. The van der Waals surface area contributed by atoms with Crippen LogP contribution in [0.5, 0.6) is 0 Å². The molecule has 0 aromatic heterocycles. The normalized spacial score (nSPS) is 38.0. The first kappa shape index (κ1) is 114. The van der Waals surface area contributed by atoms with Crippen LogP contribution in [-0.4, -0.2) is 216 Å². The lowest BCUT2D eigenvalue weighted by atomic mass is 9.78. The molecule has 0 aromatic rings. The Morgan fingerprint density at radius 3 is 1.21 bits per heavy atom. The predicted octanol–water partition coefficient (Wildman–Crippen LogP) is 26.4. The van der Waals surface area contributed by atoms with Crippen LogP contribution in [0.25, 0.3) is 0 Å². The Morgan fingerprint density at radius 1 is 0.433 bits per heavy atom.